The van der Waals surface area contributed by atoms with Gasteiger partial charge in [0.1, 0.15) is 0 Å². The summed E-state index contributed by atoms with van der Waals surface area (Å²) < 4.78 is 3.09. The van der Waals surface area contributed by atoms with E-state index in [1.54, 1.807) is 6.07 Å². The maximum absolute atomic E-state index is 11.7. The number of hydrogen-bond donors (Lipinski definition) is 0. The van der Waals surface area contributed by atoms with E-state index in [0.29, 0.717) is 5.92 Å². The van der Waals surface area contributed by atoms with Gasteiger partial charge >= 0.3 is 0 Å². The summed E-state index contributed by atoms with van der Waals surface area (Å²) in [5, 5.41) is 2.00. The summed E-state index contributed by atoms with van der Waals surface area (Å²) in [6.45, 7) is 7.77. The van der Waals surface area contributed by atoms with Crippen molar-refractivity contribution >= 4 is 21.6 Å². The van der Waals surface area contributed by atoms with Gasteiger partial charge < -0.3 is 4.57 Å². The van der Waals surface area contributed by atoms with Gasteiger partial charge in [-0.3, -0.25) is 4.79 Å². The second kappa shape index (κ2) is 5.05. The molecule has 2 aromatic heterocycles. The Morgan fingerprint density at radius 1 is 1.29 bits per heavy atom. The molecule has 0 saturated heterocycles. The Hall–Kier alpha value is -1.09. The Morgan fingerprint density at radius 2 is 2.06 bits per heavy atom. The maximum atomic E-state index is 11.7. The van der Waals surface area contributed by atoms with Crippen molar-refractivity contribution < 1.29 is 0 Å². The van der Waals surface area contributed by atoms with Crippen molar-refractivity contribution in [3.05, 3.63) is 33.9 Å². The highest BCUT2D eigenvalue weighted by Gasteiger charge is 2.09. The van der Waals surface area contributed by atoms with Gasteiger partial charge in [-0.25, -0.2) is 0 Å². The zero-order valence-electron chi connectivity index (χ0n) is 10.6. The largest absolute Gasteiger partial charge is 0.346 e. The van der Waals surface area contributed by atoms with Crippen LogP contribution in [0.1, 0.15) is 27.2 Å². The number of pyridine rings is 1. The lowest BCUT2D eigenvalue weighted by molar-refractivity contribution is 0.393. The molecule has 0 saturated carbocycles. The van der Waals surface area contributed by atoms with E-state index in [1.807, 2.05) is 17.6 Å². The summed E-state index contributed by atoms with van der Waals surface area (Å²) in [6.07, 6.45) is 3.14. The van der Waals surface area contributed by atoms with Gasteiger partial charge in [0.2, 0.25) is 0 Å². The fourth-order valence-electron chi connectivity index (χ4n) is 2.40. The van der Waals surface area contributed by atoms with E-state index in [1.165, 1.54) is 17.8 Å². The zero-order valence-corrected chi connectivity index (χ0v) is 11.5. The van der Waals surface area contributed by atoms with Gasteiger partial charge in [-0.1, -0.05) is 20.8 Å². The van der Waals surface area contributed by atoms with Gasteiger partial charge in [-0.15, -0.1) is 11.3 Å². The van der Waals surface area contributed by atoms with Gasteiger partial charge in [0.15, 0.2) is 5.43 Å². The molecule has 0 N–H and O–H groups in total. The van der Waals surface area contributed by atoms with E-state index >= 15 is 0 Å². The van der Waals surface area contributed by atoms with Crippen LogP contribution in [-0.4, -0.2) is 4.57 Å². The fraction of sp³-hybridized carbons (Fsp3) is 0.500. The van der Waals surface area contributed by atoms with Crippen LogP contribution in [0, 0.1) is 11.8 Å². The van der Waals surface area contributed by atoms with Crippen LogP contribution >= 0.6 is 11.3 Å². The molecule has 3 heteroatoms. The number of aromatic nitrogens is 1. The lowest BCUT2D eigenvalue weighted by Crippen LogP contribution is -2.12. The third-order valence-corrected chi connectivity index (χ3v) is 3.88. The molecule has 0 unspecified atom stereocenters. The van der Waals surface area contributed by atoms with Crippen LogP contribution in [0.2, 0.25) is 0 Å². The normalized spacial score (nSPS) is 13.4. The number of rotatable bonds is 4. The molecular formula is C14H19NOS. The van der Waals surface area contributed by atoms with Crippen molar-refractivity contribution in [3.8, 4) is 0 Å². The molecule has 0 aliphatic heterocycles. The molecule has 0 amide bonds. The summed E-state index contributed by atoms with van der Waals surface area (Å²) in [5.41, 5.74) is 1.22. The molecule has 0 aliphatic rings. The maximum Gasteiger partial charge on any atom is 0.199 e. The van der Waals surface area contributed by atoms with E-state index in [9.17, 15) is 4.79 Å². The summed E-state index contributed by atoms with van der Waals surface area (Å²) >= 11 is 1.54. The van der Waals surface area contributed by atoms with Gasteiger partial charge in [0.05, 0.1) is 10.2 Å². The molecule has 92 valence electrons. The molecule has 2 heterocycles. The first kappa shape index (κ1) is 12.4. The monoisotopic (exact) mass is 249 g/mol. The average Bonchev–Trinajstić information content (AvgIpc) is 2.70. The first-order chi connectivity index (χ1) is 8.08. The molecule has 0 bridgehead atoms. The Morgan fingerprint density at radius 3 is 2.76 bits per heavy atom. The van der Waals surface area contributed by atoms with Crippen molar-refractivity contribution in [3.63, 3.8) is 0 Å². The number of thiophene rings is 1. The molecule has 2 aromatic rings. The number of hydrogen-bond acceptors (Lipinski definition) is 2. The van der Waals surface area contributed by atoms with Crippen molar-refractivity contribution in [2.45, 2.75) is 33.7 Å². The van der Waals surface area contributed by atoms with Crippen molar-refractivity contribution in [1.29, 1.82) is 0 Å². The molecule has 17 heavy (non-hydrogen) atoms. The van der Waals surface area contributed by atoms with Crippen molar-refractivity contribution in [1.82, 2.24) is 4.57 Å². The van der Waals surface area contributed by atoms with E-state index in [2.05, 4.69) is 25.3 Å². The van der Waals surface area contributed by atoms with E-state index < -0.39 is 0 Å². The van der Waals surface area contributed by atoms with Crippen LogP contribution in [0.15, 0.2) is 28.5 Å². The third-order valence-electron chi connectivity index (χ3n) is 2.97. The molecule has 1 atom stereocenters. The van der Waals surface area contributed by atoms with Crippen LogP contribution in [0.4, 0.5) is 0 Å². The van der Waals surface area contributed by atoms with Crippen LogP contribution in [0.25, 0.3) is 10.2 Å². The average molecular weight is 249 g/mol. The molecule has 0 aromatic carbocycles. The third kappa shape index (κ3) is 2.78. The van der Waals surface area contributed by atoms with Gasteiger partial charge in [-0.05, 0) is 29.7 Å². The Balaban J connectivity index is 2.27. The lowest BCUT2D eigenvalue weighted by atomic mass is 9.99. The molecular weight excluding hydrogens is 230 g/mol. The summed E-state index contributed by atoms with van der Waals surface area (Å²) in [7, 11) is 0. The zero-order chi connectivity index (χ0) is 12.4. The Bertz CT molecular complexity index is 553. The lowest BCUT2D eigenvalue weighted by Gasteiger charge is -2.16. The smallest absolute Gasteiger partial charge is 0.199 e. The minimum absolute atomic E-state index is 0.141. The van der Waals surface area contributed by atoms with Crippen molar-refractivity contribution in [2.75, 3.05) is 0 Å². The van der Waals surface area contributed by atoms with Crippen LogP contribution < -0.4 is 5.43 Å². The quantitative estimate of drug-likeness (QED) is 0.809. The van der Waals surface area contributed by atoms with E-state index in [0.717, 1.165) is 22.7 Å². The first-order valence-electron chi connectivity index (χ1n) is 6.14. The van der Waals surface area contributed by atoms with Gasteiger partial charge in [0, 0.05) is 18.8 Å². The molecule has 0 fully saturated rings. The van der Waals surface area contributed by atoms with Crippen LogP contribution in [0.3, 0.4) is 0 Å². The van der Waals surface area contributed by atoms with E-state index in [-0.39, 0.29) is 5.43 Å². The van der Waals surface area contributed by atoms with E-state index in [4.69, 9.17) is 0 Å². The standard InChI is InChI=1S/C14H19NOS/c1-10(2)8-11(3)9-15-6-4-13(16)14-12(15)5-7-17-14/h4-7,10-11H,8-9H2,1-3H3/t11-/m0/s1. The number of nitrogens with zero attached hydrogens (tertiary/aromatic N) is 1. The van der Waals surface area contributed by atoms with Gasteiger partial charge in [0.25, 0.3) is 0 Å². The summed E-state index contributed by atoms with van der Waals surface area (Å²) in [4.78, 5) is 11.7. The van der Waals surface area contributed by atoms with Gasteiger partial charge in [-0.2, -0.15) is 0 Å². The topological polar surface area (TPSA) is 22.0 Å². The Labute approximate surface area is 106 Å². The summed E-state index contributed by atoms with van der Waals surface area (Å²) in [5.74, 6) is 1.36. The van der Waals surface area contributed by atoms with Crippen molar-refractivity contribution in [2.24, 2.45) is 11.8 Å². The molecule has 0 spiro atoms. The molecule has 2 rings (SSSR count). The predicted octanol–water partition coefficient (Wildman–Crippen LogP) is 3.75. The minimum atomic E-state index is 0.141. The molecule has 0 radical (unpaired) electrons. The molecule has 2 nitrogen and oxygen atoms in total. The minimum Gasteiger partial charge on any atom is -0.346 e. The second-order valence-electron chi connectivity index (χ2n) is 5.20. The van der Waals surface area contributed by atoms with Crippen LogP contribution in [0.5, 0.6) is 0 Å². The summed E-state index contributed by atoms with van der Waals surface area (Å²) in [6, 6.07) is 3.73. The van der Waals surface area contributed by atoms with Crippen LogP contribution in [-0.2, 0) is 6.54 Å². The highest BCUT2D eigenvalue weighted by Crippen LogP contribution is 2.19. The Kier molecular flexibility index (Phi) is 3.67. The predicted molar refractivity (Wildman–Crippen MR) is 74.7 cm³/mol. The number of fused-ring (bicyclic) bond motifs is 1. The highest BCUT2D eigenvalue weighted by atomic mass is 32.1. The fourth-order valence-corrected chi connectivity index (χ4v) is 3.22. The molecule has 0 aliphatic carbocycles. The highest BCUT2D eigenvalue weighted by molar-refractivity contribution is 7.17. The second-order valence-corrected chi connectivity index (χ2v) is 6.12. The SMILES string of the molecule is CC(C)C[C@H](C)Cn1ccc(=O)c2sccc21. The first-order valence-corrected chi connectivity index (χ1v) is 7.02.